The molecule has 0 aliphatic rings. The van der Waals surface area contributed by atoms with Crippen LogP contribution >= 0.6 is 0 Å². The van der Waals surface area contributed by atoms with Gasteiger partial charge in [-0.3, -0.25) is 0 Å². The first-order valence-corrected chi connectivity index (χ1v) is 7.50. The Morgan fingerprint density at radius 1 is 1.22 bits per heavy atom. The Bertz CT molecular complexity index is 825. The Balaban J connectivity index is 2.09. The number of nitrogens with zero attached hydrogens (tertiary/aromatic N) is 3. The number of benzene rings is 1. The summed E-state index contributed by atoms with van der Waals surface area (Å²) in [5.74, 6) is 1.67. The Hall–Kier alpha value is -2.60. The van der Waals surface area contributed by atoms with Gasteiger partial charge in [-0.1, -0.05) is 0 Å². The average Bonchev–Trinajstić information content (AvgIpc) is 2.99. The third-order valence-electron chi connectivity index (χ3n) is 3.87. The summed E-state index contributed by atoms with van der Waals surface area (Å²) in [7, 11) is 1.65. The Morgan fingerprint density at radius 2 is 1.96 bits per heavy atom. The van der Waals surface area contributed by atoms with E-state index in [-0.39, 0.29) is 6.61 Å². The number of rotatable bonds is 5. The molecule has 0 unspecified atom stereocenters. The molecule has 0 aliphatic carbocycles. The quantitative estimate of drug-likeness (QED) is 0.757. The van der Waals surface area contributed by atoms with E-state index in [0.29, 0.717) is 6.54 Å². The molecule has 0 amide bonds. The second-order valence-corrected chi connectivity index (χ2v) is 5.35. The van der Waals surface area contributed by atoms with Crippen LogP contribution in [0.2, 0.25) is 0 Å². The highest BCUT2D eigenvalue weighted by atomic mass is 16.5. The maximum absolute atomic E-state index is 9.07. The van der Waals surface area contributed by atoms with Crippen molar-refractivity contribution >= 4 is 11.5 Å². The van der Waals surface area contributed by atoms with Crippen LogP contribution in [0.15, 0.2) is 30.3 Å². The monoisotopic (exact) mass is 312 g/mol. The molecule has 2 aromatic heterocycles. The van der Waals surface area contributed by atoms with Crippen molar-refractivity contribution in [3.05, 3.63) is 41.6 Å². The van der Waals surface area contributed by atoms with Crippen LogP contribution in [0, 0.1) is 13.8 Å². The molecule has 3 rings (SSSR count). The first-order valence-electron chi connectivity index (χ1n) is 7.50. The zero-order chi connectivity index (χ0) is 16.4. The molecule has 0 bridgehead atoms. The van der Waals surface area contributed by atoms with Crippen LogP contribution in [0.3, 0.4) is 0 Å². The third kappa shape index (κ3) is 2.85. The largest absolute Gasteiger partial charge is 0.497 e. The molecular weight excluding hydrogens is 292 g/mol. The summed E-state index contributed by atoms with van der Waals surface area (Å²) < 4.78 is 6.98. The summed E-state index contributed by atoms with van der Waals surface area (Å²) in [6.07, 6.45) is 0. The van der Waals surface area contributed by atoms with Crippen molar-refractivity contribution in [3.8, 4) is 17.0 Å². The Labute approximate surface area is 134 Å². The molecule has 2 heterocycles. The predicted octanol–water partition coefficient (Wildman–Crippen LogP) is 2.43. The van der Waals surface area contributed by atoms with Gasteiger partial charge in [0.15, 0.2) is 5.65 Å². The van der Waals surface area contributed by atoms with Gasteiger partial charge < -0.3 is 15.2 Å². The number of aliphatic hydroxyl groups is 1. The van der Waals surface area contributed by atoms with Crippen LogP contribution in [0.5, 0.6) is 5.75 Å². The number of aryl methyl sites for hydroxylation is 1. The zero-order valence-corrected chi connectivity index (χ0v) is 13.5. The van der Waals surface area contributed by atoms with E-state index in [1.165, 1.54) is 0 Å². The number of hydrogen-bond donors (Lipinski definition) is 2. The van der Waals surface area contributed by atoms with Crippen molar-refractivity contribution in [1.82, 2.24) is 14.6 Å². The van der Waals surface area contributed by atoms with E-state index in [9.17, 15) is 0 Å². The predicted molar refractivity (Wildman–Crippen MR) is 90.0 cm³/mol. The van der Waals surface area contributed by atoms with E-state index >= 15 is 0 Å². The molecule has 1 aromatic carbocycles. The normalized spacial score (nSPS) is 11.0. The second kappa shape index (κ2) is 6.26. The van der Waals surface area contributed by atoms with Gasteiger partial charge in [-0.2, -0.15) is 9.61 Å². The second-order valence-electron chi connectivity index (χ2n) is 5.35. The lowest BCUT2D eigenvalue weighted by molar-refractivity contribution is 0.311. The average molecular weight is 312 g/mol. The highest BCUT2D eigenvalue weighted by Gasteiger charge is 2.13. The molecular formula is C17H20N4O2. The van der Waals surface area contributed by atoms with E-state index in [0.717, 1.165) is 39.7 Å². The van der Waals surface area contributed by atoms with Crippen molar-refractivity contribution in [2.45, 2.75) is 13.8 Å². The minimum atomic E-state index is 0.0644. The Kier molecular flexibility index (Phi) is 4.16. The molecule has 6 heteroatoms. The van der Waals surface area contributed by atoms with Gasteiger partial charge in [0.25, 0.3) is 0 Å². The standard InChI is InChI=1S/C17H20N4O2/c1-11-12(2)19-16-10-15(13-4-6-14(23-3)7-5-13)20-21(16)17(11)18-8-9-22/h4-7,10,18,22H,8-9H2,1-3H3. The molecule has 0 fully saturated rings. The van der Waals surface area contributed by atoms with Crippen LogP contribution in [0.4, 0.5) is 5.82 Å². The fourth-order valence-corrected chi connectivity index (χ4v) is 2.49. The Morgan fingerprint density at radius 3 is 2.61 bits per heavy atom. The number of fused-ring (bicyclic) bond motifs is 1. The lowest BCUT2D eigenvalue weighted by atomic mass is 10.1. The topological polar surface area (TPSA) is 71.7 Å². The summed E-state index contributed by atoms with van der Waals surface area (Å²) in [5.41, 5.74) is 4.59. The van der Waals surface area contributed by atoms with E-state index in [4.69, 9.17) is 9.84 Å². The van der Waals surface area contributed by atoms with Crippen LogP contribution < -0.4 is 10.1 Å². The van der Waals surface area contributed by atoms with Gasteiger partial charge >= 0.3 is 0 Å². The number of aromatic nitrogens is 3. The van der Waals surface area contributed by atoms with Gasteiger partial charge in [0, 0.05) is 29.4 Å². The molecule has 23 heavy (non-hydrogen) atoms. The summed E-state index contributed by atoms with van der Waals surface area (Å²) in [6.45, 7) is 4.50. The van der Waals surface area contributed by atoms with Gasteiger partial charge in [0.05, 0.1) is 19.4 Å². The van der Waals surface area contributed by atoms with E-state index in [1.54, 1.807) is 11.6 Å². The maximum atomic E-state index is 9.07. The summed E-state index contributed by atoms with van der Waals surface area (Å²) in [6, 6.07) is 9.73. The number of methoxy groups -OCH3 is 1. The van der Waals surface area contributed by atoms with Gasteiger partial charge in [-0.15, -0.1) is 0 Å². The SMILES string of the molecule is COc1ccc(-c2cc3nc(C)c(C)c(NCCO)n3n2)cc1. The summed E-state index contributed by atoms with van der Waals surface area (Å²) in [4.78, 5) is 4.60. The lowest BCUT2D eigenvalue weighted by Gasteiger charge is -2.12. The highest BCUT2D eigenvalue weighted by molar-refractivity contribution is 5.67. The van der Waals surface area contributed by atoms with Gasteiger partial charge in [0.2, 0.25) is 0 Å². The first kappa shape index (κ1) is 15.3. The van der Waals surface area contributed by atoms with E-state index in [2.05, 4.69) is 15.4 Å². The van der Waals surface area contributed by atoms with Crippen molar-refractivity contribution in [2.24, 2.45) is 0 Å². The molecule has 6 nitrogen and oxygen atoms in total. The van der Waals surface area contributed by atoms with Crippen molar-refractivity contribution in [2.75, 3.05) is 25.6 Å². The number of anilines is 1. The molecule has 2 N–H and O–H groups in total. The van der Waals surface area contributed by atoms with Crippen LogP contribution in [-0.2, 0) is 0 Å². The number of ether oxygens (including phenoxy) is 1. The summed E-state index contributed by atoms with van der Waals surface area (Å²) in [5, 5.41) is 17.0. The molecule has 0 spiro atoms. The minimum absolute atomic E-state index is 0.0644. The number of nitrogens with one attached hydrogen (secondary N) is 1. The van der Waals surface area contributed by atoms with Crippen molar-refractivity contribution in [1.29, 1.82) is 0 Å². The minimum Gasteiger partial charge on any atom is -0.497 e. The molecule has 0 saturated carbocycles. The molecule has 3 aromatic rings. The molecule has 0 aliphatic heterocycles. The number of hydrogen-bond acceptors (Lipinski definition) is 5. The lowest BCUT2D eigenvalue weighted by Crippen LogP contribution is -2.12. The zero-order valence-electron chi connectivity index (χ0n) is 13.5. The van der Waals surface area contributed by atoms with Gasteiger partial charge in [-0.05, 0) is 38.1 Å². The molecule has 0 saturated heterocycles. The van der Waals surface area contributed by atoms with Crippen LogP contribution in [-0.4, -0.2) is 40.0 Å². The molecule has 120 valence electrons. The summed E-state index contributed by atoms with van der Waals surface area (Å²) >= 11 is 0. The van der Waals surface area contributed by atoms with E-state index < -0.39 is 0 Å². The molecule has 0 atom stereocenters. The van der Waals surface area contributed by atoms with E-state index in [1.807, 2.05) is 44.2 Å². The first-order chi connectivity index (χ1) is 11.1. The third-order valence-corrected chi connectivity index (χ3v) is 3.87. The van der Waals surface area contributed by atoms with Gasteiger partial charge in [0.1, 0.15) is 11.6 Å². The van der Waals surface area contributed by atoms with Crippen molar-refractivity contribution < 1.29 is 9.84 Å². The van der Waals surface area contributed by atoms with Crippen molar-refractivity contribution in [3.63, 3.8) is 0 Å². The smallest absolute Gasteiger partial charge is 0.158 e. The fourth-order valence-electron chi connectivity index (χ4n) is 2.49. The van der Waals surface area contributed by atoms with Crippen LogP contribution in [0.1, 0.15) is 11.3 Å². The maximum Gasteiger partial charge on any atom is 0.158 e. The van der Waals surface area contributed by atoms with Gasteiger partial charge in [-0.25, -0.2) is 4.98 Å². The highest BCUT2D eigenvalue weighted by Crippen LogP contribution is 2.25. The fraction of sp³-hybridized carbons (Fsp3) is 0.294. The molecule has 0 radical (unpaired) electrons. The van der Waals surface area contributed by atoms with Crippen LogP contribution in [0.25, 0.3) is 16.9 Å². The number of aliphatic hydroxyl groups excluding tert-OH is 1.